The molecule has 0 bridgehead atoms. The van der Waals surface area contributed by atoms with E-state index >= 15 is 0 Å². The highest BCUT2D eigenvalue weighted by Crippen LogP contribution is 2.29. The van der Waals surface area contributed by atoms with Crippen molar-refractivity contribution in [1.82, 2.24) is 14.5 Å². The number of ether oxygens (including phenoxy) is 1. The molecule has 1 saturated heterocycles. The quantitative estimate of drug-likeness (QED) is 0.864. The van der Waals surface area contributed by atoms with Crippen molar-refractivity contribution in [3.8, 4) is 5.75 Å². The summed E-state index contributed by atoms with van der Waals surface area (Å²) in [6, 6.07) is 5.01. The number of rotatable bonds is 5. The van der Waals surface area contributed by atoms with Crippen molar-refractivity contribution in [3.63, 3.8) is 0 Å². The van der Waals surface area contributed by atoms with Crippen molar-refractivity contribution in [3.05, 3.63) is 47.0 Å². The lowest BCUT2D eigenvalue weighted by Gasteiger charge is -2.33. The fourth-order valence-corrected chi connectivity index (χ4v) is 3.54. The minimum absolute atomic E-state index is 0.0484. The van der Waals surface area contributed by atoms with Crippen molar-refractivity contribution in [2.24, 2.45) is 5.73 Å². The Morgan fingerprint density at radius 2 is 2.23 bits per heavy atom. The second-order valence-electron chi connectivity index (χ2n) is 6.31. The van der Waals surface area contributed by atoms with Gasteiger partial charge in [-0.2, -0.15) is 0 Å². The number of aromatic nitrogens is 2. The summed E-state index contributed by atoms with van der Waals surface area (Å²) in [5.74, 6) is 0.780. The van der Waals surface area contributed by atoms with Crippen LogP contribution >= 0.6 is 11.6 Å². The first-order valence-corrected chi connectivity index (χ1v) is 8.79. The third-order valence-electron chi connectivity index (χ3n) is 4.54. The van der Waals surface area contributed by atoms with Crippen LogP contribution in [0.1, 0.15) is 34.9 Å². The van der Waals surface area contributed by atoms with E-state index in [0.29, 0.717) is 29.4 Å². The Kier molecular flexibility index (Phi) is 5.46. The lowest BCUT2D eigenvalue weighted by atomic mass is 9.96. The van der Waals surface area contributed by atoms with Crippen LogP contribution in [0, 0.1) is 0 Å². The number of nitrogens with two attached hydrogens (primary N) is 1. The highest BCUT2D eigenvalue weighted by atomic mass is 35.5. The van der Waals surface area contributed by atoms with E-state index < -0.39 is 5.91 Å². The molecule has 2 N–H and O–H groups in total. The number of amides is 2. The molecule has 7 nitrogen and oxygen atoms in total. The molecule has 1 aromatic heterocycles. The average Bonchev–Trinajstić information content (AvgIpc) is 3.08. The van der Waals surface area contributed by atoms with Crippen LogP contribution in [0.2, 0.25) is 5.02 Å². The molecule has 0 radical (unpaired) electrons. The van der Waals surface area contributed by atoms with Crippen molar-refractivity contribution >= 4 is 23.4 Å². The number of primary amides is 1. The molecule has 2 aromatic rings. The molecule has 1 aliphatic heterocycles. The molecule has 2 heterocycles. The van der Waals surface area contributed by atoms with Gasteiger partial charge in [0.2, 0.25) is 5.91 Å². The van der Waals surface area contributed by atoms with E-state index in [2.05, 4.69) is 4.98 Å². The van der Waals surface area contributed by atoms with E-state index in [4.69, 9.17) is 22.1 Å². The zero-order valence-electron chi connectivity index (χ0n) is 14.5. The number of carbonyl (C=O) groups is 2. The average molecular weight is 377 g/mol. The van der Waals surface area contributed by atoms with Crippen LogP contribution in [0.3, 0.4) is 0 Å². The van der Waals surface area contributed by atoms with Gasteiger partial charge in [0.25, 0.3) is 5.91 Å². The highest BCUT2D eigenvalue weighted by Gasteiger charge is 2.29. The summed E-state index contributed by atoms with van der Waals surface area (Å²) < 4.78 is 7.05. The van der Waals surface area contributed by atoms with Gasteiger partial charge in [0.1, 0.15) is 18.1 Å². The zero-order valence-corrected chi connectivity index (χ0v) is 15.3. The first kappa shape index (κ1) is 18.3. The van der Waals surface area contributed by atoms with Crippen LogP contribution in [0.25, 0.3) is 0 Å². The third kappa shape index (κ3) is 3.83. The number of nitrogens with zero attached hydrogens (tertiary/aromatic N) is 3. The van der Waals surface area contributed by atoms with Crippen molar-refractivity contribution in [2.45, 2.75) is 25.3 Å². The van der Waals surface area contributed by atoms with Gasteiger partial charge in [-0.15, -0.1) is 0 Å². The number of methoxy groups -OCH3 is 1. The van der Waals surface area contributed by atoms with Crippen molar-refractivity contribution < 1.29 is 14.3 Å². The van der Waals surface area contributed by atoms with Crippen molar-refractivity contribution in [2.75, 3.05) is 20.2 Å². The minimum Gasteiger partial charge on any atom is -0.496 e. The summed E-state index contributed by atoms with van der Waals surface area (Å²) in [5, 5.41) is 0.486. The Labute approximate surface area is 156 Å². The summed E-state index contributed by atoms with van der Waals surface area (Å²) in [7, 11) is 1.53. The predicted molar refractivity (Wildman–Crippen MR) is 97.3 cm³/mol. The lowest BCUT2D eigenvalue weighted by Crippen LogP contribution is -2.40. The van der Waals surface area contributed by atoms with Gasteiger partial charge < -0.3 is 19.9 Å². The maximum Gasteiger partial charge on any atom is 0.257 e. The van der Waals surface area contributed by atoms with E-state index in [1.165, 1.54) is 7.11 Å². The van der Waals surface area contributed by atoms with Gasteiger partial charge >= 0.3 is 0 Å². The van der Waals surface area contributed by atoms with E-state index in [1.807, 2.05) is 0 Å². The molecule has 1 fully saturated rings. The monoisotopic (exact) mass is 376 g/mol. The second-order valence-corrected chi connectivity index (χ2v) is 6.75. The molecule has 8 heteroatoms. The van der Waals surface area contributed by atoms with Crippen LogP contribution in [0.5, 0.6) is 5.75 Å². The molecular weight excluding hydrogens is 356 g/mol. The smallest absolute Gasteiger partial charge is 0.257 e. The van der Waals surface area contributed by atoms with Crippen LogP contribution in [-0.2, 0) is 11.3 Å². The molecule has 0 aliphatic carbocycles. The molecule has 1 atom stereocenters. The second kappa shape index (κ2) is 7.78. The molecule has 0 spiro atoms. The first-order valence-electron chi connectivity index (χ1n) is 8.41. The van der Waals surface area contributed by atoms with E-state index in [-0.39, 0.29) is 18.4 Å². The highest BCUT2D eigenvalue weighted by molar-refractivity contribution is 6.31. The summed E-state index contributed by atoms with van der Waals surface area (Å²) in [6.07, 6.45) is 5.13. The molecule has 1 aliphatic rings. The molecule has 0 saturated carbocycles. The molecule has 2 amide bonds. The van der Waals surface area contributed by atoms with Crippen LogP contribution in [0.15, 0.2) is 30.6 Å². The number of piperidine rings is 1. The third-order valence-corrected chi connectivity index (χ3v) is 4.77. The van der Waals surface area contributed by atoms with Gasteiger partial charge in [-0.3, -0.25) is 9.59 Å². The number of likely N-dealkylation sites (tertiary alicyclic amines) is 1. The first-order chi connectivity index (χ1) is 12.5. The van der Waals surface area contributed by atoms with Crippen LogP contribution in [-0.4, -0.2) is 46.5 Å². The van der Waals surface area contributed by atoms with Crippen molar-refractivity contribution in [1.29, 1.82) is 0 Å². The Balaban J connectivity index is 1.81. The van der Waals surface area contributed by atoms with E-state index in [9.17, 15) is 9.59 Å². The van der Waals surface area contributed by atoms with Gasteiger partial charge in [0, 0.05) is 36.4 Å². The number of halogens is 1. The Morgan fingerprint density at radius 3 is 2.96 bits per heavy atom. The molecular formula is C18H21ClN4O3. The maximum atomic E-state index is 13.0. The zero-order chi connectivity index (χ0) is 18.7. The van der Waals surface area contributed by atoms with Gasteiger partial charge in [-0.25, -0.2) is 4.98 Å². The largest absolute Gasteiger partial charge is 0.496 e. The number of hydrogen-bond acceptors (Lipinski definition) is 4. The molecule has 3 rings (SSSR count). The maximum absolute atomic E-state index is 13.0. The SMILES string of the molecule is COc1ccc(Cl)cc1C(=O)N1CCCC(c2nccn2CC(N)=O)C1. The normalized spacial score (nSPS) is 17.2. The molecule has 138 valence electrons. The number of imidazole rings is 1. The molecule has 26 heavy (non-hydrogen) atoms. The van der Waals surface area contributed by atoms with Crippen LogP contribution < -0.4 is 10.5 Å². The van der Waals surface area contributed by atoms with Gasteiger partial charge in [-0.05, 0) is 31.0 Å². The Morgan fingerprint density at radius 1 is 1.42 bits per heavy atom. The Hall–Kier alpha value is -2.54. The summed E-state index contributed by atoms with van der Waals surface area (Å²) in [5.41, 5.74) is 5.75. The number of benzene rings is 1. The standard InChI is InChI=1S/C18H21ClN4O3/c1-26-15-5-4-13(19)9-14(15)18(25)23-7-2-3-12(10-23)17-21-6-8-22(17)11-16(20)24/h4-6,8-9,12H,2-3,7,10-11H2,1H3,(H2,20,24). The van der Waals surface area contributed by atoms with Gasteiger partial charge in [0.05, 0.1) is 12.7 Å². The fraction of sp³-hybridized carbons (Fsp3) is 0.389. The lowest BCUT2D eigenvalue weighted by molar-refractivity contribution is -0.118. The summed E-state index contributed by atoms with van der Waals surface area (Å²) in [4.78, 5) is 30.4. The van der Waals surface area contributed by atoms with E-state index in [1.54, 1.807) is 40.1 Å². The minimum atomic E-state index is -0.420. The number of carbonyl (C=O) groups excluding carboxylic acids is 2. The molecule has 1 aromatic carbocycles. The summed E-state index contributed by atoms with van der Waals surface area (Å²) >= 11 is 6.05. The number of hydrogen-bond donors (Lipinski definition) is 1. The van der Waals surface area contributed by atoms with E-state index in [0.717, 1.165) is 18.7 Å². The van der Waals surface area contributed by atoms with Gasteiger partial charge in [0.15, 0.2) is 0 Å². The summed E-state index contributed by atoms with van der Waals surface area (Å²) in [6.45, 7) is 1.26. The fourth-order valence-electron chi connectivity index (χ4n) is 3.37. The molecule has 1 unspecified atom stereocenters. The van der Waals surface area contributed by atoms with Crippen LogP contribution in [0.4, 0.5) is 0 Å². The predicted octanol–water partition coefficient (Wildman–Crippen LogP) is 2.05. The topological polar surface area (TPSA) is 90.4 Å². The Bertz CT molecular complexity index is 821. The van der Waals surface area contributed by atoms with Gasteiger partial charge in [-0.1, -0.05) is 11.6 Å².